The van der Waals surface area contributed by atoms with Crippen LogP contribution in [0, 0.1) is 17.3 Å². The van der Waals surface area contributed by atoms with E-state index in [0.29, 0.717) is 5.91 Å². The van der Waals surface area contributed by atoms with Gasteiger partial charge in [-0.1, -0.05) is 41.0 Å². The van der Waals surface area contributed by atoms with Crippen LogP contribution >= 0.6 is 0 Å². The van der Waals surface area contributed by atoms with Gasteiger partial charge in [-0.2, -0.15) is 0 Å². The number of carbonyl (C=O) groups is 1. The molecule has 0 aromatic rings. The maximum absolute atomic E-state index is 12.6. The molecule has 122 valence electrons. The summed E-state index contributed by atoms with van der Waals surface area (Å²) in [5, 5.41) is 0. The van der Waals surface area contributed by atoms with Crippen molar-refractivity contribution in [2.45, 2.75) is 72.3 Å². The fraction of sp³-hybridized carbons (Fsp3) is 0.944. The molecule has 1 amide bonds. The molecule has 0 aromatic carbocycles. The molecule has 2 rings (SSSR count). The van der Waals surface area contributed by atoms with E-state index < -0.39 is 0 Å². The SMILES string of the molecule is CCC1COC2(CCN(C(=O)C(C)CC(C)(C)C)CC2)C1. The molecule has 0 saturated carbocycles. The quantitative estimate of drug-likeness (QED) is 0.791. The highest BCUT2D eigenvalue weighted by Gasteiger charge is 2.43. The number of amides is 1. The number of likely N-dealkylation sites (tertiary alicyclic amines) is 1. The smallest absolute Gasteiger partial charge is 0.225 e. The molecule has 2 fully saturated rings. The Kier molecular flexibility index (Phi) is 5.02. The van der Waals surface area contributed by atoms with E-state index in [4.69, 9.17) is 4.74 Å². The van der Waals surface area contributed by atoms with Gasteiger partial charge in [-0.05, 0) is 37.0 Å². The number of rotatable bonds is 3. The van der Waals surface area contributed by atoms with Crippen molar-refractivity contribution >= 4 is 5.91 Å². The molecular formula is C18H33NO2. The summed E-state index contributed by atoms with van der Waals surface area (Å²) in [4.78, 5) is 14.7. The van der Waals surface area contributed by atoms with Gasteiger partial charge in [0.2, 0.25) is 5.91 Å². The fourth-order valence-corrected chi connectivity index (χ4v) is 4.00. The molecule has 21 heavy (non-hydrogen) atoms. The molecule has 2 heterocycles. The second-order valence-corrected chi connectivity index (χ2v) is 8.46. The van der Waals surface area contributed by atoms with Crippen molar-refractivity contribution < 1.29 is 9.53 Å². The normalized spacial score (nSPS) is 27.1. The van der Waals surface area contributed by atoms with Gasteiger partial charge in [-0.15, -0.1) is 0 Å². The molecule has 0 aliphatic carbocycles. The van der Waals surface area contributed by atoms with Gasteiger partial charge in [-0.25, -0.2) is 0 Å². The zero-order valence-electron chi connectivity index (χ0n) is 14.6. The molecule has 0 N–H and O–H groups in total. The van der Waals surface area contributed by atoms with Crippen LogP contribution in [0.15, 0.2) is 0 Å². The average Bonchev–Trinajstić information content (AvgIpc) is 2.80. The van der Waals surface area contributed by atoms with Gasteiger partial charge in [0.15, 0.2) is 0 Å². The Morgan fingerprint density at radius 1 is 1.33 bits per heavy atom. The lowest BCUT2D eigenvalue weighted by atomic mass is 9.82. The summed E-state index contributed by atoms with van der Waals surface area (Å²) in [5.41, 5.74) is 0.305. The Balaban J connectivity index is 1.85. The first-order chi connectivity index (χ1) is 9.75. The summed E-state index contributed by atoms with van der Waals surface area (Å²) < 4.78 is 6.12. The topological polar surface area (TPSA) is 29.5 Å². The van der Waals surface area contributed by atoms with Crippen LogP contribution in [0.4, 0.5) is 0 Å². The van der Waals surface area contributed by atoms with Crippen LogP contribution < -0.4 is 0 Å². The Bertz CT molecular complexity index is 364. The molecule has 2 unspecified atom stereocenters. The fourth-order valence-electron chi connectivity index (χ4n) is 4.00. The highest BCUT2D eigenvalue weighted by Crippen LogP contribution is 2.40. The van der Waals surface area contributed by atoms with Gasteiger partial charge in [0.1, 0.15) is 0 Å². The van der Waals surface area contributed by atoms with E-state index in [1.165, 1.54) is 12.8 Å². The van der Waals surface area contributed by atoms with Gasteiger partial charge in [-0.3, -0.25) is 4.79 Å². The van der Waals surface area contributed by atoms with Crippen molar-refractivity contribution in [2.24, 2.45) is 17.3 Å². The third-order valence-electron chi connectivity index (χ3n) is 5.19. The van der Waals surface area contributed by atoms with Crippen LogP contribution in [0.2, 0.25) is 0 Å². The van der Waals surface area contributed by atoms with Crippen LogP contribution in [0.1, 0.15) is 66.7 Å². The second-order valence-electron chi connectivity index (χ2n) is 8.46. The molecule has 3 heteroatoms. The number of ether oxygens (including phenoxy) is 1. The lowest BCUT2D eigenvalue weighted by molar-refractivity contribution is -0.140. The van der Waals surface area contributed by atoms with Crippen LogP contribution in [-0.2, 0) is 9.53 Å². The number of hydrogen-bond donors (Lipinski definition) is 0. The lowest BCUT2D eigenvalue weighted by Gasteiger charge is -2.40. The zero-order valence-corrected chi connectivity index (χ0v) is 14.6. The monoisotopic (exact) mass is 295 g/mol. The van der Waals surface area contributed by atoms with E-state index in [1.807, 2.05) is 0 Å². The predicted molar refractivity (Wildman–Crippen MR) is 86.1 cm³/mol. The minimum Gasteiger partial charge on any atom is -0.375 e. The molecule has 0 bridgehead atoms. The van der Waals surface area contributed by atoms with Gasteiger partial charge in [0.05, 0.1) is 12.2 Å². The van der Waals surface area contributed by atoms with Crippen molar-refractivity contribution in [2.75, 3.05) is 19.7 Å². The first kappa shape index (κ1) is 16.8. The Morgan fingerprint density at radius 2 is 1.95 bits per heavy atom. The molecule has 3 nitrogen and oxygen atoms in total. The number of carbonyl (C=O) groups excluding carboxylic acids is 1. The molecule has 2 saturated heterocycles. The number of hydrogen-bond acceptors (Lipinski definition) is 2. The summed E-state index contributed by atoms with van der Waals surface area (Å²) in [6, 6.07) is 0. The molecular weight excluding hydrogens is 262 g/mol. The zero-order chi connectivity index (χ0) is 15.7. The Morgan fingerprint density at radius 3 is 2.43 bits per heavy atom. The van der Waals surface area contributed by atoms with E-state index in [1.54, 1.807) is 0 Å². The highest BCUT2D eigenvalue weighted by atomic mass is 16.5. The summed E-state index contributed by atoms with van der Waals surface area (Å²) >= 11 is 0. The largest absolute Gasteiger partial charge is 0.375 e. The van der Waals surface area contributed by atoms with Gasteiger partial charge in [0.25, 0.3) is 0 Å². The molecule has 2 atom stereocenters. The minimum absolute atomic E-state index is 0.0880. The van der Waals surface area contributed by atoms with E-state index in [-0.39, 0.29) is 16.9 Å². The minimum atomic E-state index is 0.0880. The Labute approximate surface area is 130 Å². The van der Waals surface area contributed by atoms with Crippen molar-refractivity contribution in [3.8, 4) is 0 Å². The molecule has 2 aliphatic heterocycles. The van der Waals surface area contributed by atoms with Crippen molar-refractivity contribution in [3.05, 3.63) is 0 Å². The van der Waals surface area contributed by atoms with Crippen molar-refractivity contribution in [1.82, 2.24) is 4.90 Å². The number of piperidine rings is 1. The van der Waals surface area contributed by atoms with E-state index in [0.717, 1.165) is 44.9 Å². The van der Waals surface area contributed by atoms with Crippen LogP contribution in [0.5, 0.6) is 0 Å². The van der Waals surface area contributed by atoms with Gasteiger partial charge < -0.3 is 9.64 Å². The predicted octanol–water partition coefficient (Wildman–Crippen LogP) is 3.87. The van der Waals surface area contributed by atoms with E-state index in [9.17, 15) is 4.79 Å². The molecule has 2 aliphatic rings. The highest BCUT2D eigenvalue weighted by molar-refractivity contribution is 5.78. The molecule has 0 aromatic heterocycles. The standard InChI is InChI=1S/C18H33NO2/c1-6-15-12-18(21-13-15)7-9-19(10-8-18)16(20)14(2)11-17(3,4)5/h14-15H,6-13H2,1-5H3. The third kappa shape index (κ3) is 4.21. The van der Waals surface area contributed by atoms with Crippen LogP contribution in [0.3, 0.4) is 0 Å². The molecule has 0 radical (unpaired) electrons. The Hall–Kier alpha value is -0.570. The summed E-state index contributed by atoms with van der Waals surface area (Å²) in [7, 11) is 0. The third-order valence-corrected chi connectivity index (χ3v) is 5.19. The maximum atomic E-state index is 12.6. The van der Waals surface area contributed by atoms with E-state index in [2.05, 4.69) is 39.5 Å². The van der Waals surface area contributed by atoms with Crippen LogP contribution in [0.25, 0.3) is 0 Å². The van der Waals surface area contributed by atoms with Crippen molar-refractivity contribution in [3.63, 3.8) is 0 Å². The lowest BCUT2D eigenvalue weighted by Crippen LogP contribution is -2.48. The molecule has 1 spiro atoms. The summed E-state index contributed by atoms with van der Waals surface area (Å²) in [6.45, 7) is 13.6. The van der Waals surface area contributed by atoms with Gasteiger partial charge in [0, 0.05) is 19.0 Å². The second kappa shape index (κ2) is 6.28. The maximum Gasteiger partial charge on any atom is 0.225 e. The summed E-state index contributed by atoms with van der Waals surface area (Å²) in [5.74, 6) is 1.20. The first-order valence-electron chi connectivity index (χ1n) is 8.67. The van der Waals surface area contributed by atoms with Gasteiger partial charge >= 0.3 is 0 Å². The summed E-state index contributed by atoms with van der Waals surface area (Å²) in [6.07, 6.45) is 5.42. The van der Waals surface area contributed by atoms with Crippen LogP contribution in [-0.4, -0.2) is 36.1 Å². The van der Waals surface area contributed by atoms with E-state index >= 15 is 0 Å². The number of nitrogens with zero attached hydrogens (tertiary/aromatic N) is 1. The van der Waals surface area contributed by atoms with Crippen molar-refractivity contribution in [1.29, 1.82) is 0 Å². The first-order valence-corrected chi connectivity index (χ1v) is 8.67. The average molecular weight is 295 g/mol.